The van der Waals surface area contributed by atoms with E-state index in [1.807, 2.05) is 0 Å². The van der Waals surface area contributed by atoms with Gasteiger partial charge in [0.2, 0.25) is 0 Å². The Morgan fingerprint density at radius 3 is 1.03 bits per heavy atom. The van der Waals surface area contributed by atoms with Crippen LogP contribution in [0.15, 0.2) is 12.2 Å². The molecule has 0 aliphatic carbocycles. The van der Waals surface area contributed by atoms with Gasteiger partial charge in [-0.15, -0.1) is 0 Å². The molecule has 0 unspecified atom stereocenters. The van der Waals surface area contributed by atoms with E-state index in [0.29, 0.717) is 0 Å². The van der Waals surface area contributed by atoms with Crippen molar-refractivity contribution < 1.29 is 112 Å². The van der Waals surface area contributed by atoms with Crippen molar-refractivity contribution >= 4 is 5.97 Å². The Morgan fingerprint density at radius 2 is 0.769 bits per heavy atom. The van der Waals surface area contributed by atoms with Crippen LogP contribution in [0, 0.1) is 0 Å². The zero-order valence-corrected chi connectivity index (χ0v) is 17.3. The van der Waals surface area contributed by atoms with Crippen molar-refractivity contribution in [2.75, 3.05) is 0 Å². The van der Waals surface area contributed by atoms with Crippen LogP contribution in [-0.4, -0.2) is 66.1 Å². The SMILES string of the molecule is C=C(CCC(F)(F)OC(F)(F)C(F)(F)OC(F)(F)C(F)(F)OC(F)(F)C(F)(F)OC(F)(F)C(F)(F)F)C(=O)O. The fraction of sp³-hybridized carbons (Fsp3) is 0.786. The highest BCUT2D eigenvalue weighted by atomic mass is 19.4. The molecule has 0 aromatic rings. The van der Waals surface area contributed by atoms with Gasteiger partial charge in [0.25, 0.3) is 0 Å². The van der Waals surface area contributed by atoms with Gasteiger partial charge in [-0.2, -0.15) is 83.4 Å². The molecule has 0 amide bonds. The molecular formula is C14H7F19O6. The van der Waals surface area contributed by atoms with E-state index in [1.165, 1.54) is 14.2 Å². The minimum atomic E-state index is -7.79. The van der Waals surface area contributed by atoms with Crippen molar-refractivity contribution in [3.05, 3.63) is 12.2 Å². The third-order valence-corrected chi connectivity index (χ3v) is 3.41. The van der Waals surface area contributed by atoms with Gasteiger partial charge in [-0.05, 0) is 6.42 Å². The average Bonchev–Trinajstić information content (AvgIpc) is 2.61. The largest absolute Gasteiger partial charge is 0.483 e. The van der Waals surface area contributed by atoms with Crippen LogP contribution in [0.2, 0.25) is 0 Å². The molecule has 0 aromatic heterocycles. The molecule has 0 radical (unpaired) electrons. The number of hydrogen-bond donors (Lipinski definition) is 1. The lowest BCUT2D eigenvalue weighted by molar-refractivity contribution is -0.582. The van der Waals surface area contributed by atoms with Crippen LogP contribution in [-0.2, 0) is 23.7 Å². The molecule has 25 heteroatoms. The second kappa shape index (κ2) is 10.6. The molecule has 6 nitrogen and oxygen atoms in total. The maximum absolute atomic E-state index is 13.3. The Kier molecular flexibility index (Phi) is 9.99. The van der Waals surface area contributed by atoms with Crippen LogP contribution in [0.3, 0.4) is 0 Å². The van der Waals surface area contributed by atoms with Crippen molar-refractivity contribution in [2.24, 2.45) is 0 Å². The summed E-state index contributed by atoms with van der Waals surface area (Å²) in [6.45, 7) is 2.59. The minimum Gasteiger partial charge on any atom is -0.478 e. The molecule has 0 fully saturated rings. The Balaban J connectivity index is 5.89. The Hall–Kier alpha value is -2.28. The van der Waals surface area contributed by atoms with Crippen molar-refractivity contribution in [1.29, 1.82) is 0 Å². The number of rotatable bonds is 15. The van der Waals surface area contributed by atoms with Crippen molar-refractivity contribution in [2.45, 2.75) is 67.9 Å². The number of halogens is 19. The highest BCUT2D eigenvalue weighted by Gasteiger charge is 2.78. The van der Waals surface area contributed by atoms with E-state index in [0.717, 1.165) is 0 Å². The summed E-state index contributed by atoms with van der Waals surface area (Å²) in [4.78, 5) is 10.3. The summed E-state index contributed by atoms with van der Waals surface area (Å²) in [5, 5.41) is 8.33. The van der Waals surface area contributed by atoms with Crippen molar-refractivity contribution in [3.8, 4) is 0 Å². The summed E-state index contributed by atoms with van der Waals surface area (Å²) >= 11 is 0. The van der Waals surface area contributed by atoms with E-state index >= 15 is 0 Å². The molecule has 0 aliphatic heterocycles. The summed E-state index contributed by atoms with van der Waals surface area (Å²) in [6, 6.07) is 0. The highest BCUT2D eigenvalue weighted by molar-refractivity contribution is 5.85. The minimum absolute atomic E-state index is 1.19. The lowest BCUT2D eigenvalue weighted by Crippen LogP contribution is -2.60. The normalized spacial score (nSPS) is 15.5. The molecule has 0 atom stereocenters. The monoisotopic (exact) mass is 632 g/mol. The first-order valence-electron chi connectivity index (χ1n) is 8.46. The maximum Gasteiger partial charge on any atom is 0.483 e. The summed E-state index contributed by atoms with van der Waals surface area (Å²) in [5.74, 6) is -2.04. The lowest BCUT2D eigenvalue weighted by Gasteiger charge is -2.35. The summed E-state index contributed by atoms with van der Waals surface area (Å²) < 4.78 is 251. The second-order valence-corrected chi connectivity index (χ2v) is 6.57. The van der Waals surface area contributed by atoms with Gasteiger partial charge in [0, 0.05) is 12.0 Å². The predicted molar refractivity (Wildman–Crippen MR) is 76.0 cm³/mol. The number of ether oxygens (including phenoxy) is 4. The highest BCUT2D eigenvalue weighted by Crippen LogP contribution is 2.52. The Bertz CT molecular complexity index is 896. The van der Waals surface area contributed by atoms with Crippen LogP contribution in [0.5, 0.6) is 0 Å². The van der Waals surface area contributed by atoms with Gasteiger partial charge in [-0.3, -0.25) is 0 Å². The smallest absolute Gasteiger partial charge is 0.478 e. The Labute approximate surface area is 199 Å². The van der Waals surface area contributed by atoms with Gasteiger partial charge in [-0.25, -0.2) is 23.7 Å². The van der Waals surface area contributed by atoms with Crippen molar-refractivity contribution in [1.82, 2.24) is 0 Å². The fourth-order valence-electron chi connectivity index (χ4n) is 1.54. The van der Waals surface area contributed by atoms with E-state index in [1.54, 1.807) is 0 Å². The van der Waals surface area contributed by atoms with E-state index in [-0.39, 0.29) is 0 Å². The molecule has 232 valence electrons. The molecule has 0 aliphatic rings. The van der Waals surface area contributed by atoms with Crippen LogP contribution in [0.1, 0.15) is 12.8 Å². The second-order valence-electron chi connectivity index (χ2n) is 6.57. The molecule has 0 rings (SSSR count). The number of aliphatic carboxylic acids is 1. The Morgan fingerprint density at radius 1 is 0.513 bits per heavy atom. The molecule has 0 saturated heterocycles. The number of carbonyl (C=O) groups is 1. The summed E-state index contributed by atoms with van der Waals surface area (Å²) in [7, 11) is 0. The molecule has 0 heterocycles. The molecule has 1 N–H and O–H groups in total. The van der Waals surface area contributed by atoms with Crippen LogP contribution < -0.4 is 0 Å². The number of hydrogen-bond acceptors (Lipinski definition) is 5. The van der Waals surface area contributed by atoms with Gasteiger partial charge in [0.1, 0.15) is 0 Å². The van der Waals surface area contributed by atoms with Crippen molar-refractivity contribution in [3.63, 3.8) is 0 Å². The standard InChI is InChI=1S/C14H7F19O6/c1-4(5(34)35)2-3-6(15,16)36-9(22,23)10(24,25)38-13(30,31)14(32,33)39-12(28,29)11(26,27)37-8(20,21)7(17,18)19/h1-3H2,(H,34,35). The van der Waals surface area contributed by atoms with E-state index < -0.39 is 79.4 Å². The van der Waals surface area contributed by atoms with Gasteiger partial charge in [0.15, 0.2) is 0 Å². The topological polar surface area (TPSA) is 74.2 Å². The lowest BCUT2D eigenvalue weighted by atomic mass is 10.1. The van der Waals surface area contributed by atoms with E-state index in [4.69, 9.17) is 5.11 Å². The molecule has 0 saturated carbocycles. The molecule has 0 bridgehead atoms. The van der Waals surface area contributed by atoms with Gasteiger partial charge in [0.05, 0.1) is 0 Å². The maximum atomic E-state index is 13.3. The summed E-state index contributed by atoms with van der Waals surface area (Å²) in [6.07, 6.45) is -69.6. The van der Waals surface area contributed by atoms with Gasteiger partial charge >= 0.3 is 61.0 Å². The number of carboxylic acid groups (broad SMARTS) is 1. The van der Waals surface area contributed by atoms with E-state index in [2.05, 4.69) is 11.3 Å². The van der Waals surface area contributed by atoms with Crippen LogP contribution in [0.4, 0.5) is 83.4 Å². The third-order valence-electron chi connectivity index (χ3n) is 3.41. The molecule has 0 aromatic carbocycles. The first-order chi connectivity index (χ1) is 16.7. The average molecular weight is 632 g/mol. The van der Waals surface area contributed by atoms with E-state index in [9.17, 15) is 88.2 Å². The molecular weight excluding hydrogens is 625 g/mol. The van der Waals surface area contributed by atoms with Crippen LogP contribution in [0.25, 0.3) is 0 Å². The molecule has 39 heavy (non-hydrogen) atoms. The predicted octanol–water partition coefficient (Wildman–Crippen LogP) is 6.78. The fourth-order valence-corrected chi connectivity index (χ4v) is 1.54. The number of carboxylic acids is 1. The van der Waals surface area contributed by atoms with Gasteiger partial charge < -0.3 is 5.11 Å². The quantitative estimate of drug-likeness (QED) is 0.159. The molecule has 0 spiro atoms. The first-order valence-corrected chi connectivity index (χ1v) is 8.46. The van der Waals surface area contributed by atoms with Crippen LogP contribution >= 0.6 is 0 Å². The summed E-state index contributed by atoms with van der Waals surface area (Å²) in [5.41, 5.74) is -1.19. The zero-order chi connectivity index (χ0) is 31.9. The number of alkyl halides is 19. The zero-order valence-electron chi connectivity index (χ0n) is 17.3. The van der Waals surface area contributed by atoms with Gasteiger partial charge in [-0.1, -0.05) is 6.58 Å². The first kappa shape index (κ1) is 36.7. The third kappa shape index (κ3) is 8.86.